The van der Waals surface area contributed by atoms with Crippen LogP contribution in [0.3, 0.4) is 0 Å². The van der Waals surface area contributed by atoms with Crippen LogP contribution in [0.1, 0.15) is 17.7 Å². The molecular formula is C17H19NO3S2. The fourth-order valence-corrected chi connectivity index (χ4v) is 5.34. The van der Waals surface area contributed by atoms with Gasteiger partial charge >= 0.3 is 0 Å². The first kappa shape index (κ1) is 16.2. The molecule has 2 aromatic rings. The number of hydrogen-bond donors (Lipinski definition) is 0. The maximum atomic E-state index is 12.6. The molecule has 1 saturated heterocycles. The normalized spacial score (nSPS) is 16.4. The third-order valence-corrected chi connectivity index (χ3v) is 7.37. The number of carbonyl (C=O) groups is 1. The van der Waals surface area contributed by atoms with Crippen molar-refractivity contribution in [2.75, 3.05) is 13.1 Å². The Kier molecular flexibility index (Phi) is 4.82. The number of nitrogens with zero attached hydrogens (tertiary/aromatic N) is 1. The molecule has 1 aliphatic heterocycles. The number of amides is 1. The Labute approximate surface area is 140 Å². The van der Waals surface area contributed by atoms with Gasteiger partial charge in [-0.3, -0.25) is 4.79 Å². The van der Waals surface area contributed by atoms with E-state index in [1.54, 1.807) is 40.5 Å². The lowest BCUT2D eigenvalue weighted by Crippen LogP contribution is -2.43. The van der Waals surface area contributed by atoms with E-state index in [1.807, 2.05) is 23.6 Å². The van der Waals surface area contributed by atoms with E-state index in [0.717, 1.165) is 4.88 Å². The van der Waals surface area contributed by atoms with Crippen LogP contribution in [0.25, 0.3) is 0 Å². The van der Waals surface area contributed by atoms with Crippen LogP contribution >= 0.6 is 11.3 Å². The van der Waals surface area contributed by atoms with Gasteiger partial charge in [-0.05, 0) is 36.4 Å². The molecule has 0 atom stereocenters. The maximum absolute atomic E-state index is 12.6. The fraction of sp³-hybridized carbons (Fsp3) is 0.353. The van der Waals surface area contributed by atoms with Gasteiger partial charge in [0, 0.05) is 18.0 Å². The van der Waals surface area contributed by atoms with Crippen LogP contribution in [0.5, 0.6) is 0 Å². The molecule has 2 heterocycles. The predicted molar refractivity (Wildman–Crippen MR) is 91.3 cm³/mol. The zero-order chi connectivity index (χ0) is 16.3. The summed E-state index contributed by atoms with van der Waals surface area (Å²) in [6.07, 6.45) is 1.43. The molecule has 0 N–H and O–H groups in total. The summed E-state index contributed by atoms with van der Waals surface area (Å²) in [4.78, 5) is 15.5. The number of rotatable bonds is 4. The highest BCUT2D eigenvalue weighted by atomic mass is 32.2. The van der Waals surface area contributed by atoms with Gasteiger partial charge in [-0.15, -0.1) is 11.3 Å². The molecular weight excluding hydrogens is 330 g/mol. The summed E-state index contributed by atoms with van der Waals surface area (Å²) < 4.78 is 25.2. The monoisotopic (exact) mass is 349 g/mol. The highest BCUT2D eigenvalue weighted by Gasteiger charge is 2.32. The van der Waals surface area contributed by atoms with E-state index in [2.05, 4.69) is 0 Å². The molecule has 0 bridgehead atoms. The maximum Gasteiger partial charge on any atom is 0.227 e. The van der Waals surface area contributed by atoms with E-state index in [-0.39, 0.29) is 5.91 Å². The first-order valence-electron chi connectivity index (χ1n) is 7.66. The number of piperidine rings is 1. The largest absolute Gasteiger partial charge is 0.342 e. The van der Waals surface area contributed by atoms with Crippen molar-refractivity contribution in [1.82, 2.24) is 4.90 Å². The van der Waals surface area contributed by atoms with Crippen molar-refractivity contribution in [1.29, 1.82) is 0 Å². The summed E-state index contributed by atoms with van der Waals surface area (Å²) in [5.74, 6) is 0.0861. The van der Waals surface area contributed by atoms with Gasteiger partial charge < -0.3 is 4.90 Å². The summed E-state index contributed by atoms with van der Waals surface area (Å²) in [5, 5.41) is 1.57. The second kappa shape index (κ2) is 6.84. The molecule has 1 amide bonds. The Morgan fingerprint density at radius 2 is 1.78 bits per heavy atom. The second-order valence-electron chi connectivity index (χ2n) is 5.69. The standard InChI is InChI=1S/C17H19NO3S2/c19-17(13-14-5-4-12-22-14)18-10-8-16(9-11-18)23(20,21)15-6-2-1-3-7-15/h1-7,12,16H,8-11,13H2. The zero-order valence-corrected chi connectivity index (χ0v) is 14.4. The summed E-state index contributed by atoms with van der Waals surface area (Å²) in [5.41, 5.74) is 0. The van der Waals surface area contributed by atoms with E-state index < -0.39 is 15.1 Å². The predicted octanol–water partition coefficient (Wildman–Crippen LogP) is 2.76. The molecule has 23 heavy (non-hydrogen) atoms. The number of hydrogen-bond acceptors (Lipinski definition) is 4. The second-order valence-corrected chi connectivity index (χ2v) is 8.95. The molecule has 0 saturated carbocycles. The Morgan fingerprint density at radius 3 is 2.39 bits per heavy atom. The van der Waals surface area contributed by atoms with Crippen LogP contribution in [0, 0.1) is 0 Å². The Bertz CT molecular complexity index is 746. The van der Waals surface area contributed by atoms with Crippen LogP contribution in [0.4, 0.5) is 0 Å². The molecule has 122 valence electrons. The van der Waals surface area contributed by atoms with Gasteiger partial charge in [0.1, 0.15) is 0 Å². The average molecular weight is 349 g/mol. The van der Waals surface area contributed by atoms with E-state index in [1.165, 1.54) is 0 Å². The molecule has 0 radical (unpaired) electrons. The minimum absolute atomic E-state index is 0.0861. The van der Waals surface area contributed by atoms with Gasteiger partial charge in [0.2, 0.25) is 5.91 Å². The minimum atomic E-state index is -3.30. The highest BCUT2D eigenvalue weighted by molar-refractivity contribution is 7.92. The summed E-state index contributed by atoms with van der Waals surface area (Å²) >= 11 is 1.57. The summed E-state index contributed by atoms with van der Waals surface area (Å²) in [7, 11) is -3.30. The fourth-order valence-electron chi connectivity index (χ4n) is 2.89. The lowest BCUT2D eigenvalue weighted by Gasteiger charge is -2.31. The third kappa shape index (κ3) is 3.64. The minimum Gasteiger partial charge on any atom is -0.342 e. The number of carbonyl (C=O) groups excluding carboxylic acids is 1. The Balaban J connectivity index is 1.61. The molecule has 0 unspecified atom stereocenters. The van der Waals surface area contributed by atoms with Crippen molar-refractivity contribution in [3.8, 4) is 0 Å². The van der Waals surface area contributed by atoms with E-state index in [4.69, 9.17) is 0 Å². The van der Waals surface area contributed by atoms with Crippen LogP contribution < -0.4 is 0 Å². The Morgan fingerprint density at radius 1 is 1.09 bits per heavy atom. The van der Waals surface area contributed by atoms with Crippen LogP contribution in [0.2, 0.25) is 0 Å². The first-order chi connectivity index (χ1) is 11.1. The van der Waals surface area contributed by atoms with Crippen molar-refractivity contribution in [2.24, 2.45) is 0 Å². The first-order valence-corrected chi connectivity index (χ1v) is 10.1. The Hall–Kier alpha value is -1.66. The van der Waals surface area contributed by atoms with Crippen LogP contribution in [-0.2, 0) is 21.1 Å². The number of likely N-dealkylation sites (tertiary alicyclic amines) is 1. The quantitative estimate of drug-likeness (QED) is 0.853. The number of thiophene rings is 1. The molecule has 3 rings (SSSR count). The SMILES string of the molecule is O=C(Cc1cccs1)N1CCC(S(=O)(=O)c2ccccc2)CC1. The van der Waals surface area contributed by atoms with Crippen LogP contribution in [0.15, 0.2) is 52.7 Å². The van der Waals surface area contributed by atoms with E-state index in [0.29, 0.717) is 37.2 Å². The van der Waals surface area contributed by atoms with E-state index in [9.17, 15) is 13.2 Å². The van der Waals surface area contributed by atoms with Crippen molar-refractivity contribution < 1.29 is 13.2 Å². The molecule has 1 aromatic heterocycles. The van der Waals surface area contributed by atoms with Gasteiger partial charge in [0.05, 0.1) is 16.6 Å². The van der Waals surface area contributed by atoms with Gasteiger partial charge in [0.25, 0.3) is 0 Å². The molecule has 1 aromatic carbocycles. The average Bonchev–Trinajstić information content (AvgIpc) is 3.09. The lowest BCUT2D eigenvalue weighted by molar-refractivity contribution is -0.131. The number of sulfone groups is 1. The van der Waals surface area contributed by atoms with Gasteiger partial charge in [-0.25, -0.2) is 8.42 Å². The lowest BCUT2D eigenvalue weighted by atomic mass is 10.1. The highest BCUT2D eigenvalue weighted by Crippen LogP contribution is 2.25. The van der Waals surface area contributed by atoms with Gasteiger partial charge in [-0.1, -0.05) is 24.3 Å². The third-order valence-electron chi connectivity index (χ3n) is 4.21. The molecule has 4 nitrogen and oxygen atoms in total. The topological polar surface area (TPSA) is 54.5 Å². The van der Waals surface area contributed by atoms with Crippen molar-refractivity contribution in [2.45, 2.75) is 29.4 Å². The van der Waals surface area contributed by atoms with Crippen molar-refractivity contribution in [3.05, 3.63) is 52.7 Å². The van der Waals surface area contributed by atoms with Crippen molar-refractivity contribution in [3.63, 3.8) is 0 Å². The van der Waals surface area contributed by atoms with Crippen LogP contribution in [-0.4, -0.2) is 37.6 Å². The summed E-state index contributed by atoms with van der Waals surface area (Å²) in [6, 6.07) is 12.5. The van der Waals surface area contributed by atoms with E-state index >= 15 is 0 Å². The zero-order valence-electron chi connectivity index (χ0n) is 12.7. The van der Waals surface area contributed by atoms with Gasteiger partial charge in [0.15, 0.2) is 9.84 Å². The molecule has 0 spiro atoms. The molecule has 1 aliphatic rings. The van der Waals surface area contributed by atoms with Crippen molar-refractivity contribution >= 4 is 27.1 Å². The molecule has 0 aliphatic carbocycles. The molecule has 1 fully saturated rings. The summed E-state index contributed by atoms with van der Waals surface area (Å²) in [6.45, 7) is 1.03. The molecule has 6 heteroatoms. The number of benzene rings is 1. The smallest absolute Gasteiger partial charge is 0.227 e. The van der Waals surface area contributed by atoms with Gasteiger partial charge in [-0.2, -0.15) is 0 Å².